The van der Waals surface area contributed by atoms with E-state index in [9.17, 15) is 4.79 Å². The molecule has 0 aliphatic heterocycles. The molecule has 0 fully saturated rings. The molecule has 0 unspecified atom stereocenters. The van der Waals surface area contributed by atoms with Crippen molar-refractivity contribution in [1.82, 2.24) is 0 Å². The summed E-state index contributed by atoms with van der Waals surface area (Å²) in [5.74, 6) is 0. The van der Waals surface area contributed by atoms with Crippen molar-refractivity contribution < 1.29 is 25.2 Å². The first-order valence-corrected chi connectivity index (χ1v) is 2.73. The van der Waals surface area contributed by atoms with Crippen LogP contribution in [0.3, 0.4) is 0 Å². The third-order valence-electron chi connectivity index (χ3n) is 1.07. The van der Waals surface area contributed by atoms with Crippen LogP contribution in [0.5, 0.6) is 0 Å². The molecule has 0 aliphatic carbocycles. The van der Waals surface area contributed by atoms with Crippen molar-refractivity contribution in [3.8, 4) is 0 Å². The van der Waals surface area contributed by atoms with E-state index in [2.05, 4.69) is 0 Å². The summed E-state index contributed by atoms with van der Waals surface area (Å²) in [6.45, 7) is -0.688. The molecule has 64 valence electrons. The van der Waals surface area contributed by atoms with Gasteiger partial charge in [0, 0.05) is 7.43 Å². The fraction of sp³-hybridized carbons (Fsp3) is 0.667. The van der Waals surface area contributed by atoms with Gasteiger partial charge < -0.3 is 25.2 Å². The summed E-state index contributed by atoms with van der Waals surface area (Å²) in [6.07, 6.45) is -4.63. The molecule has 4 radical (unpaired) electrons. The maximum Gasteiger partial charge on any atom is 0.151 e. The monoisotopic (exact) mass is 162 g/mol. The van der Waals surface area contributed by atoms with E-state index in [1.807, 2.05) is 0 Å². The molecule has 0 heterocycles. The number of aldehydes is 1. The number of rotatable bonds is 4. The normalized spacial score (nSPS) is 17.8. The van der Waals surface area contributed by atoms with E-state index < -0.39 is 24.9 Å². The molecule has 0 saturated heterocycles. The van der Waals surface area contributed by atoms with E-state index in [4.69, 9.17) is 20.4 Å². The van der Waals surface area contributed by atoms with Crippen molar-refractivity contribution in [2.24, 2.45) is 0 Å². The molecule has 0 aliphatic rings. The molecule has 5 nitrogen and oxygen atoms in total. The number of hydrogen-bond donors (Lipinski definition) is 4. The van der Waals surface area contributed by atoms with E-state index in [1.165, 1.54) is 0 Å². The first kappa shape index (κ1) is 13.1. The number of carbonyl (C=O) groups excluding carboxylic acids is 1. The minimum absolute atomic E-state index is 0. The predicted octanol–water partition coefficient (Wildman–Crippen LogP) is -2.66. The summed E-state index contributed by atoms with van der Waals surface area (Å²) in [6, 6.07) is 0. The lowest BCUT2D eigenvalue weighted by molar-refractivity contribution is -0.127. The van der Waals surface area contributed by atoms with Crippen LogP contribution in [-0.4, -0.2) is 51.6 Å². The Morgan fingerprint density at radius 1 is 1.27 bits per heavy atom. The van der Waals surface area contributed by atoms with E-state index in [0.717, 1.165) is 0 Å². The van der Waals surface area contributed by atoms with Gasteiger partial charge in [0.2, 0.25) is 0 Å². The van der Waals surface area contributed by atoms with E-state index in [0.29, 0.717) is 0 Å². The van der Waals surface area contributed by atoms with E-state index in [-0.39, 0.29) is 13.7 Å². The summed E-state index contributed by atoms with van der Waals surface area (Å²) in [7, 11) is 0. The van der Waals surface area contributed by atoms with Crippen molar-refractivity contribution in [3.05, 3.63) is 7.43 Å². The number of aliphatic hydroxyl groups excluding tert-OH is 4. The van der Waals surface area contributed by atoms with Crippen LogP contribution in [-0.2, 0) is 4.79 Å². The number of aliphatic hydroxyl groups is 4. The highest BCUT2D eigenvalue weighted by atomic mass is 16.4. The summed E-state index contributed by atoms with van der Waals surface area (Å²) in [4.78, 5) is 9.76. The fourth-order valence-electron chi connectivity index (χ4n) is 0.416. The van der Waals surface area contributed by atoms with E-state index >= 15 is 0 Å². The summed E-state index contributed by atoms with van der Waals surface area (Å²) < 4.78 is 0. The van der Waals surface area contributed by atoms with Crippen molar-refractivity contribution in [3.63, 3.8) is 0 Å². The number of carbonyl (C=O) groups is 1. The Morgan fingerprint density at radius 3 is 2.00 bits per heavy atom. The lowest BCUT2D eigenvalue weighted by atomic mass is 10.1. The van der Waals surface area contributed by atoms with Crippen LogP contribution < -0.4 is 0 Å². The predicted molar refractivity (Wildman–Crippen MR) is 34.4 cm³/mol. The lowest BCUT2D eigenvalue weighted by Gasteiger charge is -2.16. The van der Waals surface area contributed by atoms with Crippen LogP contribution in [0.1, 0.15) is 0 Å². The maximum atomic E-state index is 9.76. The molecule has 3 atom stereocenters. The average molecular weight is 162 g/mol. The van der Waals surface area contributed by atoms with E-state index in [1.54, 1.807) is 0 Å². The molecular weight excluding hydrogens is 152 g/mol. The second kappa shape index (κ2) is 6.23. The zero-order valence-electron chi connectivity index (χ0n) is 5.71. The van der Waals surface area contributed by atoms with Crippen molar-refractivity contribution >= 4 is 6.29 Å². The van der Waals surface area contributed by atoms with Crippen LogP contribution in [0.4, 0.5) is 0 Å². The van der Waals surface area contributed by atoms with Crippen molar-refractivity contribution in [1.29, 1.82) is 0 Å². The van der Waals surface area contributed by atoms with Gasteiger partial charge in [0.25, 0.3) is 0 Å². The molecule has 0 aromatic carbocycles. The molecular formula is C6H10O5. The first-order valence-electron chi connectivity index (χ1n) is 2.73. The van der Waals surface area contributed by atoms with Crippen LogP contribution in [0.25, 0.3) is 0 Å². The fourth-order valence-corrected chi connectivity index (χ4v) is 0.416. The van der Waals surface area contributed by atoms with Gasteiger partial charge in [-0.05, 0) is 0 Å². The number of hydrogen-bond acceptors (Lipinski definition) is 5. The first-order chi connectivity index (χ1) is 4.63. The second-order valence-corrected chi connectivity index (χ2v) is 1.87. The average Bonchev–Trinajstić information content (AvgIpc) is 2.00. The van der Waals surface area contributed by atoms with Gasteiger partial charge in [0.05, 0.1) is 6.61 Å². The van der Waals surface area contributed by atoms with Gasteiger partial charge in [-0.25, -0.2) is 0 Å². The smallest absolute Gasteiger partial charge is 0.151 e. The molecule has 0 aromatic rings. The summed E-state index contributed by atoms with van der Waals surface area (Å²) in [5.41, 5.74) is 0. The molecule has 4 N–H and O–H groups in total. The van der Waals surface area contributed by atoms with Gasteiger partial charge >= 0.3 is 0 Å². The second-order valence-electron chi connectivity index (χ2n) is 1.87. The molecule has 5 heteroatoms. The highest BCUT2D eigenvalue weighted by Crippen LogP contribution is 1.96. The van der Waals surface area contributed by atoms with Gasteiger partial charge in [-0.3, -0.25) is 0 Å². The van der Waals surface area contributed by atoms with Gasteiger partial charge in [-0.15, -0.1) is 0 Å². The highest BCUT2D eigenvalue weighted by Gasteiger charge is 2.22. The van der Waals surface area contributed by atoms with Crippen molar-refractivity contribution in [2.75, 3.05) is 6.61 Å². The maximum absolute atomic E-state index is 9.76. The van der Waals surface area contributed by atoms with Gasteiger partial charge in [-0.1, -0.05) is 0 Å². The molecule has 0 saturated carbocycles. The molecule has 0 bridgehead atoms. The molecule has 0 aromatic heterocycles. The van der Waals surface area contributed by atoms with Crippen LogP contribution >= 0.6 is 0 Å². The minimum Gasteiger partial charge on any atom is -0.394 e. The third-order valence-corrected chi connectivity index (χ3v) is 1.07. The van der Waals surface area contributed by atoms with Crippen LogP contribution in [0, 0.1) is 7.43 Å². The quantitative estimate of drug-likeness (QED) is 0.338. The van der Waals surface area contributed by atoms with Crippen LogP contribution in [0.15, 0.2) is 0 Å². The third kappa shape index (κ3) is 4.05. The van der Waals surface area contributed by atoms with Crippen molar-refractivity contribution in [2.45, 2.75) is 18.3 Å². The Kier molecular flexibility index (Phi) is 7.44. The highest BCUT2D eigenvalue weighted by molar-refractivity contribution is 5.56. The largest absolute Gasteiger partial charge is 0.394 e. The molecule has 11 heavy (non-hydrogen) atoms. The summed E-state index contributed by atoms with van der Waals surface area (Å²) >= 11 is 0. The Morgan fingerprint density at radius 2 is 1.73 bits per heavy atom. The Bertz CT molecular complexity index is 105. The van der Waals surface area contributed by atoms with Gasteiger partial charge in [-0.2, -0.15) is 0 Å². The lowest BCUT2D eigenvalue weighted by Crippen LogP contribution is -2.40. The van der Waals surface area contributed by atoms with Gasteiger partial charge in [0.15, 0.2) is 6.29 Å². The molecule has 0 amide bonds. The summed E-state index contributed by atoms with van der Waals surface area (Å²) in [5, 5.41) is 34.1. The Hall–Kier alpha value is -0.490. The zero-order valence-corrected chi connectivity index (χ0v) is 5.71. The molecule has 0 rings (SSSR count). The van der Waals surface area contributed by atoms with Crippen LogP contribution in [0.2, 0.25) is 0 Å². The van der Waals surface area contributed by atoms with Gasteiger partial charge in [0.1, 0.15) is 18.3 Å². The minimum atomic E-state index is -1.64. The SMILES string of the molecule is O=C[C@H](O)[C@@H](O)[C@@H](O)CO.[C]. The zero-order chi connectivity index (χ0) is 8.15. The Labute approximate surface area is 64.9 Å². The Balaban J connectivity index is 0. The molecule has 0 spiro atoms. The standard InChI is InChI=1S/C5H10O5.C/c6-1-3(8)5(10)4(9)2-7;/h1,3-5,7-10H,2H2;/t3-,4-,5+;/m0./s1. The topological polar surface area (TPSA) is 98.0 Å².